The summed E-state index contributed by atoms with van der Waals surface area (Å²) in [5, 5.41) is 0. The van der Waals surface area contributed by atoms with E-state index in [-0.39, 0.29) is 0 Å². The first-order chi connectivity index (χ1) is 14.3. The number of anilines is 2. The standard InChI is InChI=1S/C25H28N4/c1-19-11-14-28(15-12-19)24-17-23(21-8-3-2-4-9-21)26-25(27-24)29-16-13-20-7-5-6-10-22(20)18-29/h2-10,17,19H,11-16,18H2,1H3. The molecule has 0 saturated carbocycles. The molecule has 29 heavy (non-hydrogen) atoms. The number of nitrogens with zero attached hydrogens (tertiary/aromatic N) is 4. The fourth-order valence-corrected chi connectivity index (χ4v) is 4.39. The number of piperidine rings is 1. The zero-order valence-electron chi connectivity index (χ0n) is 17.1. The molecule has 0 amide bonds. The van der Waals surface area contributed by atoms with Gasteiger partial charge in [0.25, 0.3) is 0 Å². The molecule has 3 heterocycles. The fraction of sp³-hybridized carbons (Fsp3) is 0.360. The van der Waals surface area contributed by atoms with E-state index in [2.05, 4.69) is 77.4 Å². The van der Waals surface area contributed by atoms with E-state index >= 15 is 0 Å². The lowest BCUT2D eigenvalue weighted by molar-refractivity contribution is 0.436. The van der Waals surface area contributed by atoms with Gasteiger partial charge in [0.2, 0.25) is 5.95 Å². The summed E-state index contributed by atoms with van der Waals surface area (Å²) >= 11 is 0. The lowest BCUT2D eigenvalue weighted by Gasteiger charge is -2.33. The van der Waals surface area contributed by atoms with E-state index in [1.54, 1.807) is 0 Å². The zero-order valence-corrected chi connectivity index (χ0v) is 17.1. The third-order valence-electron chi connectivity index (χ3n) is 6.29. The Bertz CT molecular complexity index is 977. The first-order valence-corrected chi connectivity index (χ1v) is 10.8. The van der Waals surface area contributed by atoms with Gasteiger partial charge in [0.15, 0.2) is 0 Å². The summed E-state index contributed by atoms with van der Waals surface area (Å²) in [5.41, 5.74) is 5.01. The van der Waals surface area contributed by atoms with Crippen molar-refractivity contribution in [2.45, 2.75) is 32.7 Å². The van der Waals surface area contributed by atoms with Crippen molar-refractivity contribution in [3.8, 4) is 11.3 Å². The molecule has 0 aliphatic carbocycles. The first kappa shape index (κ1) is 18.2. The molecule has 0 bridgehead atoms. The van der Waals surface area contributed by atoms with Gasteiger partial charge in [-0.1, -0.05) is 61.5 Å². The molecule has 2 aromatic carbocycles. The number of hydrogen-bond acceptors (Lipinski definition) is 4. The number of benzene rings is 2. The van der Waals surface area contributed by atoms with E-state index in [1.165, 1.54) is 24.0 Å². The quantitative estimate of drug-likeness (QED) is 0.640. The second-order valence-corrected chi connectivity index (χ2v) is 8.39. The molecule has 1 aromatic heterocycles. The van der Waals surface area contributed by atoms with Crippen LogP contribution in [-0.4, -0.2) is 29.6 Å². The van der Waals surface area contributed by atoms with Gasteiger partial charge in [-0.25, -0.2) is 4.98 Å². The van der Waals surface area contributed by atoms with Crippen LogP contribution in [0, 0.1) is 5.92 Å². The van der Waals surface area contributed by atoms with Crippen LogP contribution in [0.3, 0.4) is 0 Å². The van der Waals surface area contributed by atoms with Gasteiger partial charge < -0.3 is 9.80 Å². The molecule has 1 fully saturated rings. The second kappa shape index (κ2) is 7.86. The molecular weight excluding hydrogens is 356 g/mol. The lowest BCUT2D eigenvalue weighted by atomic mass is 9.99. The number of fused-ring (bicyclic) bond motifs is 1. The Hall–Kier alpha value is -2.88. The highest BCUT2D eigenvalue weighted by Gasteiger charge is 2.22. The molecule has 5 rings (SSSR count). The number of rotatable bonds is 3. The molecule has 1 saturated heterocycles. The lowest BCUT2D eigenvalue weighted by Crippen LogP contribution is -2.35. The van der Waals surface area contributed by atoms with Crippen LogP contribution < -0.4 is 9.80 Å². The SMILES string of the molecule is CC1CCN(c2cc(-c3ccccc3)nc(N3CCc4ccccc4C3)n2)CC1. The third-order valence-corrected chi connectivity index (χ3v) is 6.29. The summed E-state index contributed by atoms with van der Waals surface area (Å²) in [4.78, 5) is 14.8. The maximum Gasteiger partial charge on any atom is 0.228 e. The summed E-state index contributed by atoms with van der Waals surface area (Å²) in [7, 11) is 0. The molecule has 0 atom stereocenters. The monoisotopic (exact) mass is 384 g/mol. The summed E-state index contributed by atoms with van der Waals surface area (Å²) in [6.07, 6.45) is 3.51. The van der Waals surface area contributed by atoms with Gasteiger partial charge in [0.1, 0.15) is 5.82 Å². The van der Waals surface area contributed by atoms with E-state index in [1.807, 2.05) is 0 Å². The highest BCUT2D eigenvalue weighted by atomic mass is 15.3. The Morgan fingerprint density at radius 3 is 2.31 bits per heavy atom. The summed E-state index contributed by atoms with van der Waals surface area (Å²) in [6, 6.07) is 21.4. The molecule has 3 aromatic rings. The number of aromatic nitrogens is 2. The average molecular weight is 385 g/mol. The van der Waals surface area contributed by atoms with Crippen LogP contribution in [0.4, 0.5) is 11.8 Å². The minimum Gasteiger partial charge on any atom is -0.356 e. The van der Waals surface area contributed by atoms with Crippen LogP contribution in [0.2, 0.25) is 0 Å². The van der Waals surface area contributed by atoms with Crippen LogP contribution in [-0.2, 0) is 13.0 Å². The molecule has 0 unspecified atom stereocenters. The molecular formula is C25H28N4. The van der Waals surface area contributed by atoms with E-state index in [9.17, 15) is 0 Å². The minimum atomic E-state index is 0.805. The van der Waals surface area contributed by atoms with Gasteiger partial charge in [0.05, 0.1) is 5.69 Å². The molecule has 2 aliphatic heterocycles. The highest BCUT2D eigenvalue weighted by Crippen LogP contribution is 2.29. The maximum atomic E-state index is 5.04. The molecule has 0 N–H and O–H groups in total. The van der Waals surface area contributed by atoms with Crippen molar-refractivity contribution < 1.29 is 0 Å². The van der Waals surface area contributed by atoms with Gasteiger partial charge in [-0.2, -0.15) is 4.98 Å². The van der Waals surface area contributed by atoms with Crippen LogP contribution >= 0.6 is 0 Å². The minimum absolute atomic E-state index is 0.805. The summed E-state index contributed by atoms with van der Waals surface area (Å²) in [6.45, 7) is 6.35. The molecule has 0 radical (unpaired) electrons. The maximum absolute atomic E-state index is 5.04. The predicted octanol–water partition coefficient (Wildman–Crippen LogP) is 4.94. The van der Waals surface area contributed by atoms with Crippen LogP contribution in [0.5, 0.6) is 0 Å². The molecule has 4 nitrogen and oxygen atoms in total. The van der Waals surface area contributed by atoms with Gasteiger partial charge in [-0.3, -0.25) is 0 Å². The smallest absolute Gasteiger partial charge is 0.228 e. The van der Waals surface area contributed by atoms with E-state index < -0.39 is 0 Å². The Kier molecular flexibility index (Phi) is 4.92. The largest absolute Gasteiger partial charge is 0.356 e. The normalized spacial score (nSPS) is 17.3. The van der Waals surface area contributed by atoms with E-state index in [0.29, 0.717) is 0 Å². The van der Waals surface area contributed by atoms with Crippen LogP contribution in [0.15, 0.2) is 60.7 Å². The summed E-state index contributed by atoms with van der Waals surface area (Å²) in [5.74, 6) is 2.73. The Morgan fingerprint density at radius 1 is 0.793 bits per heavy atom. The van der Waals surface area contributed by atoms with Crippen molar-refractivity contribution in [2.24, 2.45) is 5.92 Å². The van der Waals surface area contributed by atoms with Crippen molar-refractivity contribution in [1.29, 1.82) is 0 Å². The van der Waals surface area contributed by atoms with E-state index in [4.69, 9.17) is 9.97 Å². The Morgan fingerprint density at radius 2 is 1.52 bits per heavy atom. The second-order valence-electron chi connectivity index (χ2n) is 8.39. The number of hydrogen-bond donors (Lipinski definition) is 0. The average Bonchev–Trinajstić information content (AvgIpc) is 2.79. The Balaban J connectivity index is 1.51. The zero-order chi connectivity index (χ0) is 19.6. The van der Waals surface area contributed by atoms with Gasteiger partial charge in [0, 0.05) is 37.8 Å². The van der Waals surface area contributed by atoms with Crippen molar-refractivity contribution in [3.05, 3.63) is 71.8 Å². The van der Waals surface area contributed by atoms with Crippen LogP contribution in [0.1, 0.15) is 30.9 Å². The van der Waals surface area contributed by atoms with Gasteiger partial charge in [-0.05, 0) is 36.3 Å². The van der Waals surface area contributed by atoms with Crippen molar-refractivity contribution >= 4 is 11.8 Å². The predicted molar refractivity (Wildman–Crippen MR) is 119 cm³/mol. The molecule has 148 valence electrons. The van der Waals surface area contributed by atoms with E-state index in [0.717, 1.165) is 61.5 Å². The molecule has 2 aliphatic rings. The van der Waals surface area contributed by atoms with Gasteiger partial charge in [-0.15, -0.1) is 0 Å². The summed E-state index contributed by atoms with van der Waals surface area (Å²) < 4.78 is 0. The van der Waals surface area contributed by atoms with Crippen molar-refractivity contribution in [3.63, 3.8) is 0 Å². The topological polar surface area (TPSA) is 32.3 Å². The fourth-order valence-electron chi connectivity index (χ4n) is 4.39. The molecule has 0 spiro atoms. The highest BCUT2D eigenvalue weighted by molar-refractivity contribution is 5.65. The molecule has 4 heteroatoms. The van der Waals surface area contributed by atoms with Gasteiger partial charge >= 0.3 is 0 Å². The first-order valence-electron chi connectivity index (χ1n) is 10.8. The Labute approximate surface area is 173 Å². The van der Waals surface area contributed by atoms with Crippen molar-refractivity contribution in [2.75, 3.05) is 29.4 Å². The third kappa shape index (κ3) is 3.84. The van der Waals surface area contributed by atoms with Crippen molar-refractivity contribution in [1.82, 2.24) is 9.97 Å². The van der Waals surface area contributed by atoms with Crippen LogP contribution in [0.25, 0.3) is 11.3 Å².